The quantitative estimate of drug-likeness (QED) is 0.751. The highest BCUT2D eigenvalue weighted by Gasteiger charge is 2.16. The van der Waals surface area contributed by atoms with Crippen LogP contribution in [-0.4, -0.2) is 16.1 Å². The van der Waals surface area contributed by atoms with Crippen molar-refractivity contribution in [3.8, 4) is 22.4 Å². The van der Waals surface area contributed by atoms with Crippen LogP contribution in [0.4, 0.5) is 5.69 Å². The van der Waals surface area contributed by atoms with Crippen molar-refractivity contribution in [2.24, 2.45) is 0 Å². The van der Waals surface area contributed by atoms with E-state index in [1.807, 2.05) is 54.6 Å². The number of anilines is 1. The first-order chi connectivity index (χ1) is 11.1. The maximum absolute atomic E-state index is 11.2. The number of nitrogens with two attached hydrogens (primary N) is 1. The normalized spacial score (nSPS) is 10.5. The molecule has 3 N–H and O–H groups in total. The van der Waals surface area contributed by atoms with E-state index in [0.717, 1.165) is 16.7 Å². The van der Waals surface area contributed by atoms with Crippen LogP contribution in [-0.2, 0) is 0 Å². The Morgan fingerprint density at radius 1 is 0.957 bits per heavy atom. The van der Waals surface area contributed by atoms with Gasteiger partial charge in [-0.15, -0.1) is 0 Å². The summed E-state index contributed by atoms with van der Waals surface area (Å²) in [6.45, 7) is 0. The minimum Gasteiger partial charge on any atom is -0.476 e. The van der Waals surface area contributed by atoms with Gasteiger partial charge in [0.25, 0.3) is 0 Å². The lowest BCUT2D eigenvalue weighted by molar-refractivity contribution is 0.0691. The molecule has 5 heteroatoms. The number of nitrogen functional groups attached to an aromatic ring is 1. The standard InChI is InChI=1S/C18H13ClN2O2/c19-16-14(20)10-15(21-17(16)18(22)23)13-8-6-12(7-9-13)11-4-2-1-3-5-11/h1-10H,(H2,20,21)(H,22,23). The molecule has 0 bridgehead atoms. The third-order valence-electron chi connectivity index (χ3n) is 3.48. The van der Waals surface area contributed by atoms with Gasteiger partial charge in [-0.1, -0.05) is 66.2 Å². The molecule has 0 radical (unpaired) electrons. The molecule has 0 aliphatic carbocycles. The van der Waals surface area contributed by atoms with E-state index < -0.39 is 5.97 Å². The van der Waals surface area contributed by atoms with Gasteiger partial charge in [0, 0.05) is 5.56 Å². The molecule has 0 spiro atoms. The molecular formula is C18H13ClN2O2. The summed E-state index contributed by atoms with van der Waals surface area (Å²) in [6.07, 6.45) is 0. The fraction of sp³-hybridized carbons (Fsp3) is 0. The van der Waals surface area contributed by atoms with Gasteiger partial charge in [0.1, 0.15) is 0 Å². The van der Waals surface area contributed by atoms with Crippen LogP contribution >= 0.6 is 11.6 Å². The lowest BCUT2D eigenvalue weighted by atomic mass is 10.0. The average Bonchev–Trinajstić information content (AvgIpc) is 2.58. The number of halogens is 1. The Kier molecular flexibility index (Phi) is 4.00. The van der Waals surface area contributed by atoms with Crippen molar-refractivity contribution in [1.29, 1.82) is 0 Å². The van der Waals surface area contributed by atoms with E-state index in [4.69, 9.17) is 22.4 Å². The van der Waals surface area contributed by atoms with E-state index in [-0.39, 0.29) is 16.4 Å². The van der Waals surface area contributed by atoms with Crippen molar-refractivity contribution in [1.82, 2.24) is 4.98 Å². The predicted octanol–water partition coefficient (Wildman–Crippen LogP) is 4.35. The number of rotatable bonds is 3. The lowest BCUT2D eigenvalue weighted by Crippen LogP contribution is -2.05. The smallest absolute Gasteiger partial charge is 0.356 e. The molecule has 0 amide bonds. The Bertz CT molecular complexity index is 862. The Morgan fingerprint density at radius 2 is 1.52 bits per heavy atom. The molecule has 3 aromatic rings. The minimum absolute atomic E-state index is 0.0397. The van der Waals surface area contributed by atoms with Crippen LogP contribution in [0.3, 0.4) is 0 Å². The first kappa shape index (κ1) is 15.1. The van der Waals surface area contributed by atoms with Crippen molar-refractivity contribution in [2.45, 2.75) is 0 Å². The number of aromatic nitrogens is 1. The molecule has 1 heterocycles. The summed E-state index contributed by atoms with van der Waals surface area (Å²) in [5, 5.41) is 9.11. The number of carboxylic acids is 1. The second-order valence-electron chi connectivity index (χ2n) is 5.01. The minimum atomic E-state index is -1.20. The molecule has 0 atom stereocenters. The fourth-order valence-corrected chi connectivity index (χ4v) is 2.48. The highest BCUT2D eigenvalue weighted by Crippen LogP contribution is 2.29. The summed E-state index contributed by atoms with van der Waals surface area (Å²) in [5.41, 5.74) is 9.16. The van der Waals surface area contributed by atoms with Crippen molar-refractivity contribution in [3.05, 3.63) is 71.4 Å². The third kappa shape index (κ3) is 3.03. The van der Waals surface area contributed by atoms with Crippen LogP contribution in [0.25, 0.3) is 22.4 Å². The Morgan fingerprint density at radius 3 is 2.13 bits per heavy atom. The summed E-state index contributed by atoms with van der Waals surface area (Å²) in [6, 6.07) is 19.2. The van der Waals surface area contributed by atoms with Gasteiger partial charge >= 0.3 is 5.97 Å². The summed E-state index contributed by atoms with van der Waals surface area (Å²) in [4.78, 5) is 15.3. The van der Waals surface area contributed by atoms with Gasteiger partial charge < -0.3 is 10.8 Å². The zero-order valence-electron chi connectivity index (χ0n) is 12.0. The maximum atomic E-state index is 11.2. The molecule has 1 aromatic heterocycles. The number of hydrogen-bond donors (Lipinski definition) is 2. The predicted molar refractivity (Wildman–Crippen MR) is 91.5 cm³/mol. The van der Waals surface area contributed by atoms with Gasteiger partial charge in [-0.2, -0.15) is 0 Å². The summed E-state index contributed by atoms with van der Waals surface area (Å²) in [7, 11) is 0. The number of benzene rings is 2. The molecule has 0 fully saturated rings. The van der Waals surface area contributed by atoms with E-state index in [2.05, 4.69) is 4.98 Å². The van der Waals surface area contributed by atoms with E-state index in [0.29, 0.717) is 5.69 Å². The molecule has 2 aromatic carbocycles. The second kappa shape index (κ2) is 6.10. The zero-order chi connectivity index (χ0) is 16.4. The van der Waals surface area contributed by atoms with Crippen molar-refractivity contribution >= 4 is 23.3 Å². The second-order valence-corrected chi connectivity index (χ2v) is 5.39. The molecule has 0 unspecified atom stereocenters. The van der Waals surface area contributed by atoms with Crippen molar-refractivity contribution in [2.75, 3.05) is 5.73 Å². The van der Waals surface area contributed by atoms with Crippen molar-refractivity contribution in [3.63, 3.8) is 0 Å². The van der Waals surface area contributed by atoms with Crippen LogP contribution in [0.5, 0.6) is 0 Å². The van der Waals surface area contributed by atoms with E-state index >= 15 is 0 Å². The van der Waals surface area contributed by atoms with Crippen LogP contribution < -0.4 is 5.73 Å². The number of pyridine rings is 1. The highest BCUT2D eigenvalue weighted by atomic mass is 35.5. The monoisotopic (exact) mass is 324 g/mol. The summed E-state index contributed by atoms with van der Waals surface area (Å²) >= 11 is 5.88. The number of aromatic carboxylic acids is 1. The Hall–Kier alpha value is -2.85. The maximum Gasteiger partial charge on any atom is 0.356 e. The fourth-order valence-electron chi connectivity index (χ4n) is 2.30. The van der Waals surface area contributed by atoms with Gasteiger partial charge in [-0.05, 0) is 17.2 Å². The van der Waals surface area contributed by atoms with Gasteiger partial charge in [0.15, 0.2) is 5.69 Å². The molecule has 4 nitrogen and oxygen atoms in total. The number of hydrogen-bond acceptors (Lipinski definition) is 3. The molecule has 23 heavy (non-hydrogen) atoms. The molecule has 3 rings (SSSR count). The van der Waals surface area contributed by atoms with E-state index in [1.165, 1.54) is 0 Å². The van der Waals surface area contributed by atoms with E-state index in [1.54, 1.807) is 6.07 Å². The van der Waals surface area contributed by atoms with Crippen LogP contribution in [0, 0.1) is 0 Å². The third-order valence-corrected chi connectivity index (χ3v) is 3.87. The SMILES string of the molecule is Nc1cc(-c2ccc(-c3ccccc3)cc2)nc(C(=O)O)c1Cl. The largest absolute Gasteiger partial charge is 0.476 e. The number of carbonyl (C=O) groups is 1. The Labute approximate surface area is 138 Å². The Balaban J connectivity index is 2.01. The zero-order valence-corrected chi connectivity index (χ0v) is 12.8. The van der Waals surface area contributed by atoms with Gasteiger partial charge in [-0.25, -0.2) is 9.78 Å². The molecule has 0 saturated carbocycles. The van der Waals surface area contributed by atoms with Gasteiger partial charge in [0.2, 0.25) is 0 Å². The molecule has 0 saturated heterocycles. The van der Waals surface area contributed by atoms with Gasteiger partial charge in [-0.3, -0.25) is 0 Å². The number of carboxylic acid groups (broad SMARTS) is 1. The average molecular weight is 325 g/mol. The van der Waals surface area contributed by atoms with E-state index in [9.17, 15) is 4.79 Å². The van der Waals surface area contributed by atoms with Crippen LogP contribution in [0.15, 0.2) is 60.7 Å². The van der Waals surface area contributed by atoms with Crippen molar-refractivity contribution < 1.29 is 9.90 Å². The van der Waals surface area contributed by atoms with Gasteiger partial charge in [0.05, 0.1) is 16.4 Å². The lowest BCUT2D eigenvalue weighted by Gasteiger charge is -2.08. The molecule has 0 aliphatic rings. The summed E-state index contributed by atoms with van der Waals surface area (Å²) in [5.74, 6) is -1.20. The first-order valence-corrected chi connectivity index (χ1v) is 7.29. The highest BCUT2D eigenvalue weighted by molar-refractivity contribution is 6.35. The summed E-state index contributed by atoms with van der Waals surface area (Å²) < 4.78 is 0. The van der Waals surface area contributed by atoms with Crippen LogP contribution in [0.2, 0.25) is 5.02 Å². The molecule has 0 aliphatic heterocycles. The first-order valence-electron chi connectivity index (χ1n) is 6.91. The topological polar surface area (TPSA) is 76.2 Å². The molecular weight excluding hydrogens is 312 g/mol. The van der Waals surface area contributed by atoms with Crippen LogP contribution in [0.1, 0.15) is 10.5 Å². The number of nitrogens with zero attached hydrogens (tertiary/aromatic N) is 1. The molecule has 114 valence electrons.